The minimum Gasteiger partial charge on any atom is -0.467 e. The highest BCUT2D eigenvalue weighted by molar-refractivity contribution is 7.88. The molecule has 0 radical (unpaired) electrons. The number of hydrazone groups is 1. The molecule has 1 aromatic heterocycles. The van der Waals surface area contributed by atoms with Crippen LogP contribution in [0.25, 0.3) is 0 Å². The fourth-order valence-corrected chi connectivity index (χ4v) is 3.50. The van der Waals surface area contributed by atoms with Gasteiger partial charge in [0.25, 0.3) is 0 Å². The van der Waals surface area contributed by atoms with Gasteiger partial charge in [-0.25, -0.2) is 8.42 Å². The van der Waals surface area contributed by atoms with E-state index >= 15 is 0 Å². The second-order valence-corrected chi connectivity index (χ2v) is 7.42. The van der Waals surface area contributed by atoms with Crippen molar-refractivity contribution in [1.29, 1.82) is 0 Å². The van der Waals surface area contributed by atoms with Gasteiger partial charge in [-0.2, -0.15) is 9.52 Å². The molecule has 24 heavy (non-hydrogen) atoms. The molecule has 8 heteroatoms. The number of hydrogen-bond acceptors (Lipinski definition) is 5. The third kappa shape index (κ3) is 3.33. The first-order valence-corrected chi connectivity index (χ1v) is 9.18. The summed E-state index contributed by atoms with van der Waals surface area (Å²) in [6.45, 7) is 1.44. The lowest BCUT2D eigenvalue weighted by molar-refractivity contribution is -0.114. The van der Waals surface area contributed by atoms with Crippen LogP contribution in [0.1, 0.15) is 30.7 Å². The van der Waals surface area contributed by atoms with Crippen molar-refractivity contribution in [3.63, 3.8) is 0 Å². The summed E-state index contributed by atoms with van der Waals surface area (Å²) in [7, 11) is -3.51. The van der Waals surface area contributed by atoms with E-state index in [1.807, 2.05) is 0 Å². The molecule has 0 unspecified atom stereocenters. The summed E-state index contributed by atoms with van der Waals surface area (Å²) < 4.78 is 30.5. The number of amides is 1. The predicted octanol–water partition coefficient (Wildman–Crippen LogP) is 2.35. The number of hydrogen-bond donors (Lipinski definition) is 1. The van der Waals surface area contributed by atoms with Gasteiger partial charge in [0, 0.05) is 19.0 Å². The van der Waals surface area contributed by atoms with Crippen LogP contribution in [0.2, 0.25) is 0 Å². The first kappa shape index (κ1) is 16.3. The number of benzene rings is 1. The van der Waals surface area contributed by atoms with Gasteiger partial charge in [-0.15, -0.1) is 0 Å². The molecular formula is C16H17N3O4S. The first-order chi connectivity index (χ1) is 11.3. The summed E-state index contributed by atoms with van der Waals surface area (Å²) in [5.74, 6) is 0.399. The van der Waals surface area contributed by atoms with Crippen LogP contribution in [0.4, 0.5) is 5.69 Å². The van der Waals surface area contributed by atoms with E-state index in [0.717, 1.165) is 16.2 Å². The molecule has 1 aliphatic heterocycles. The van der Waals surface area contributed by atoms with Gasteiger partial charge in [-0.1, -0.05) is 12.1 Å². The van der Waals surface area contributed by atoms with Crippen molar-refractivity contribution < 1.29 is 17.6 Å². The highest BCUT2D eigenvalue weighted by Crippen LogP contribution is 2.34. The third-order valence-corrected chi connectivity index (χ3v) is 4.64. The lowest BCUT2D eigenvalue weighted by Crippen LogP contribution is -2.25. The van der Waals surface area contributed by atoms with E-state index in [1.165, 1.54) is 13.2 Å². The van der Waals surface area contributed by atoms with E-state index in [1.54, 1.807) is 36.4 Å². The molecule has 1 aromatic carbocycles. The Labute approximate surface area is 140 Å². The molecule has 0 bridgehead atoms. The van der Waals surface area contributed by atoms with E-state index in [4.69, 9.17) is 4.42 Å². The van der Waals surface area contributed by atoms with Gasteiger partial charge in [0.2, 0.25) is 15.9 Å². The number of anilines is 1. The van der Waals surface area contributed by atoms with Gasteiger partial charge in [0.05, 0.1) is 18.2 Å². The van der Waals surface area contributed by atoms with Crippen LogP contribution in [0, 0.1) is 0 Å². The number of sulfonamides is 1. The molecule has 1 aliphatic rings. The third-order valence-electron chi connectivity index (χ3n) is 3.62. The van der Waals surface area contributed by atoms with Crippen LogP contribution in [0.5, 0.6) is 0 Å². The number of rotatable bonds is 4. The van der Waals surface area contributed by atoms with Crippen LogP contribution in [0.15, 0.2) is 52.2 Å². The van der Waals surface area contributed by atoms with Gasteiger partial charge < -0.3 is 9.73 Å². The molecular weight excluding hydrogens is 330 g/mol. The summed E-state index contributed by atoms with van der Waals surface area (Å²) in [6, 6.07) is 10.1. The van der Waals surface area contributed by atoms with Gasteiger partial charge in [0.15, 0.2) is 0 Å². The smallest absolute Gasteiger partial charge is 0.247 e. The molecule has 1 N–H and O–H groups in total. The lowest BCUT2D eigenvalue weighted by atomic mass is 10.0. The van der Waals surface area contributed by atoms with E-state index in [-0.39, 0.29) is 5.91 Å². The van der Waals surface area contributed by atoms with Crippen molar-refractivity contribution in [2.75, 3.05) is 11.6 Å². The Kier molecular flexibility index (Phi) is 4.15. The number of nitrogens with zero attached hydrogens (tertiary/aromatic N) is 2. The van der Waals surface area contributed by atoms with E-state index in [2.05, 4.69) is 10.4 Å². The molecule has 0 saturated heterocycles. The Morgan fingerprint density at radius 3 is 2.54 bits per heavy atom. The number of furan rings is 1. The molecule has 3 rings (SSSR count). The van der Waals surface area contributed by atoms with Crippen LogP contribution < -0.4 is 5.32 Å². The molecule has 7 nitrogen and oxygen atoms in total. The van der Waals surface area contributed by atoms with Crippen LogP contribution in [0.3, 0.4) is 0 Å². The summed E-state index contributed by atoms with van der Waals surface area (Å²) in [5, 5.41) is 6.96. The van der Waals surface area contributed by atoms with Crippen LogP contribution in [-0.4, -0.2) is 30.7 Å². The highest BCUT2D eigenvalue weighted by atomic mass is 32.2. The molecule has 2 heterocycles. The second kappa shape index (κ2) is 6.12. The molecule has 0 saturated carbocycles. The predicted molar refractivity (Wildman–Crippen MR) is 90.0 cm³/mol. The molecule has 1 atom stereocenters. The topological polar surface area (TPSA) is 92.0 Å². The van der Waals surface area contributed by atoms with Crippen LogP contribution >= 0.6 is 0 Å². The summed E-state index contributed by atoms with van der Waals surface area (Å²) in [5.41, 5.74) is 2.12. The van der Waals surface area contributed by atoms with Crippen molar-refractivity contribution in [2.45, 2.75) is 19.4 Å². The Bertz CT molecular complexity index is 871. The summed E-state index contributed by atoms with van der Waals surface area (Å²) in [6.07, 6.45) is 3.05. The van der Waals surface area contributed by atoms with Gasteiger partial charge in [-0.3, -0.25) is 4.79 Å². The monoisotopic (exact) mass is 347 g/mol. The quantitative estimate of drug-likeness (QED) is 0.919. The summed E-state index contributed by atoms with van der Waals surface area (Å²) in [4.78, 5) is 11.1. The Morgan fingerprint density at radius 1 is 1.29 bits per heavy atom. The van der Waals surface area contributed by atoms with Gasteiger partial charge in [0.1, 0.15) is 11.8 Å². The summed E-state index contributed by atoms with van der Waals surface area (Å²) >= 11 is 0. The second-order valence-electron chi connectivity index (χ2n) is 5.58. The molecule has 2 aromatic rings. The van der Waals surface area contributed by atoms with Crippen LogP contribution in [-0.2, 0) is 14.8 Å². The van der Waals surface area contributed by atoms with Crippen molar-refractivity contribution in [3.8, 4) is 0 Å². The van der Waals surface area contributed by atoms with E-state index < -0.39 is 16.1 Å². The Morgan fingerprint density at radius 2 is 2.00 bits per heavy atom. The average Bonchev–Trinajstić information content (AvgIpc) is 3.16. The molecule has 0 fully saturated rings. The van der Waals surface area contributed by atoms with Crippen molar-refractivity contribution >= 4 is 27.3 Å². The van der Waals surface area contributed by atoms with Gasteiger partial charge in [-0.05, 0) is 29.8 Å². The number of carbonyl (C=O) groups excluding carboxylic acids is 1. The van der Waals surface area contributed by atoms with Crippen molar-refractivity contribution in [1.82, 2.24) is 4.41 Å². The minimum atomic E-state index is -3.51. The maximum atomic E-state index is 12.0. The molecule has 0 spiro atoms. The average molecular weight is 347 g/mol. The first-order valence-electron chi connectivity index (χ1n) is 7.33. The largest absolute Gasteiger partial charge is 0.467 e. The zero-order valence-electron chi connectivity index (χ0n) is 13.3. The normalized spacial score (nSPS) is 17.7. The molecule has 1 amide bonds. The Hall–Kier alpha value is -2.61. The highest BCUT2D eigenvalue weighted by Gasteiger charge is 2.36. The number of nitrogens with one attached hydrogen (secondary N) is 1. The SMILES string of the molecule is CC(=O)Nc1ccc(C2=NN(S(C)(=O)=O)[C@@H](c3ccco3)C2)cc1. The zero-order valence-corrected chi connectivity index (χ0v) is 14.1. The van der Waals surface area contributed by atoms with E-state index in [9.17, 15) is 13.2 Å². The fraction of sp³-hybridized carbons (Fsp3) is 0.250. The lowest BCUT2D eigenvalue weighted by Gasteiger charge is -2.18. The minimum absolute atomic E-state index is 0.151. The zero-order chi connectivity index (χ0) is 17.3. The van der Waals surface area contributed by atoms with Crippen molar-refractivity contribution in [2.24, 2.45) is 5.10 Å². The standard InChI is InChI=1S/C16H17N3O4S/c1-11(20)17-13-7-5-12(6-8-13)14-10-15(16-4-3-9-23-16)19(18-14)24(2,21)22/h3-9,15H,10H2,1-2H3,(H,17,20)/t15-/m1/s1. The molecule has 0 aliphatic carbocycles. The maximum Gasteiger partial charge on any atom is 0.247 e. The van der Waals surface area contributed by atoms with Gasteiger partial charge >= 0.3 is 0 Å². The van der Waals surface area contributed by atoms with Crippen molar-refractivity contribution in [3.05, 3.63) is 54.0 Å². The Balaban J connectivity index is 1.90. The van der Waals surface area contributed by atoms with E-state index in [0.29, 0.717) is 23.6 Å². The molecule has 126 valence electrons. The fourth-order valence-electron chi connectivity index (χ4n) is 2.61. The number of carbonyl (C=O) groups is 1. The maximum absolute atomic E-state index is 12.0.